The second kappa shape index (κ2) is 8.05. The molecule has 0 aliphatic heterocycles. The molecular formula is C17H22ClNO. The SMILES string of the molecule is C[C@H](N[C@@H](C)[C@H](O)c1ccccc1)c1ccccc1.Cl. The molecular weight excluding hydrogens is 270 g/mol. The number of aliphatic hydroxyl groups excluding tert-OH is 1. The lowest BCUT2D eigenvalue weighted by Crippen LogP contribution is -2.34. The molecule has 3 atom stereocenters. The van der Waals surface area contributed by atoms with Gasteiger partial charge < -0.3 is 10.4 Å². The topological polar surface area (TPSA) is 32.3 Å². The predicted molar refractivity (Wildman–Crippen MR) is 86.1 cm³/mol. The van der Waals surface area contributed by atoms with E-state index < -0.39 is 6.10 Å². The van der Waals surface area contributed by atoms with Crippen molar-refractivity contribution in [2.75, 3.05) is 0 Å². The normalized spacial score (nSPS) is 14.9. The highest BCUT2D eigenvalue weighted by molar-refractivity contribution is 5.85. The molecule has 0 amide bonds. The van der Waals surface area contributed by atoms with Crippen molar-refractivity contribution in [3.63, 3.8) is 0 Å². The van der Waals surface area contributed by atoms with Crippen LogP contribution in [0.15, 0.2) is 60.7 Å². The zero-order chi connectivity index (χ0) is 13.7. The summed E-state index contributed by atoms with van der Waals surface area (Å²) >= 11 is 0. The van der Waals surface area contributed by atoms with Crippen LogP contribution in [0.3, 0.4) is 0 Å². The largest absolute Gasteiger partial charge is 0.387 e. The molecule has 0 heterocycles. The van der Waals surface area contributed by atoms with E-state index in [0.29, 0.717) is 0 Å². The van der Waals surface area contributed by atoms with Crippen LogP contribution in [-0.2, 0) is 0 Å². The quantitative estimate of drug-likeness (QED) is 0.876. The van der Waals surface area contributed by atoms with E-state index in [1.54, 1.807) is 0 Å². The van der Waals surface area contributed by atoms with Gasteiger partial charge in [0.1, 0.15) is 0 Å². The summed E-state index contributed by atoms with van der Waals surface area (Å²) in [6.07, 6.45) is -0.493. The highest BCUT2D eigenvalue weighted by Crippen LogP contribution is 2.19. The summed E-state index contributed by atoms with van der Waals surface area (Å²) in [7, 11) is 0. The van der Waals surface area contributed by atoms with Crippen LogP contribution < -0.4 is 5.32 Å². The third kappa shape index (κ3) is 4.34. The molecule has 0 bridgehead atoms. The number of hydrogen-bond acceptors (Lipinski definition) is 2. The van der Waals surface area contributed by atoms with E-state index in [4.69, 9.17) is 0 Å². The van der Waals surface area contributed by atoms with Gasteiger partial charge in [-0.15, -0.1) is 12.4 Å². The van der Waals surface area contributed by atoms with Gasteiger partial charge in [-0.3, -0.25) is 0 Å². The van der Waals surface area contributed by atoms with Crippen LogP contribution in [0.25, 0.3) is 0 Å². The van der Waals surface area contributed by atoms with Crippen molar-refractivity contribution in [3.05, 3.63) is 71.8 Å². The molecule has 2 aromatic carbocycles. The van der Waals surface area contributed by atoms with Crippen LogP contribution in [0.5, 0.6) is 0 Å². The minimum atomic E-state index is -0.493. The lowest BCUT2D eigenvalue weighted by atomic mass is 10.0. The maximum Gasteiger partial charge on any atom is 0.0940 e. The summed E-state index contributed by atoms with van der Waals surface area (Å²) in [6, 6.07) is 20.3. The molecule has 0 radical (unpaired) electrons. The van der Waals surface area contributed by atoms with Crippen molar-refractivity contribution in [2.45, 2.75) is 32.0 Å². The second-order valence-corrected chi connectivity index (χ2v) is 4.94. The van der Waals surface area contributed by atoms with Crippen LogP contribution >= 0.6 is 12.4 Å². The number of nitrogens with one attached hydrogen (secondary N) is 1. The summed E-state index contributed by atoms with van der Waals surface area (Å²) in [6.45, 7) is 4.13. The molecule has 0 saturated carbocycles. The summed E-state index contributed by atoms with van der Waals surface area (Å²) in [4.78, 5) is 0. The first-order chi connectivity index (χ1) is 9.18. The molecule has 20 heavy (non-hydrogen) atoms. The van der Waals surface area contributed by atoms with Gasteiger partial charge in [-0.25, -0.2) is 0 Å². The van der Waals surface area contributed by atoms with Gasteiger partial charge >= 0.3 is 0 Å². The Labute approximate surface area is 127 Å². The van der Waals surface area contributed by atoms with E-state index in [2.05, 4.69) is 24.4 Å². The van der Waals surface area contributed by atoms with Gasteiger partial charge in [0.2, 0.25) is 0 Å². The molecule has 0 fully saturated rings. The minimum absolute atomic E-state index is 0. The zero-order valence-electron chi connectivity index (χ0n) is 11.9. The number of rotatable bonds is 5. The van der Waals surface area contributed by atoms with Gasteiger partial charge in [-0.1, -0.05) is 60.7 Å². The molecule has 2 rings (SSSR count). The van der Waals surface area contributed by atoms with Crippen molar-refractivity contribution in [1.29, 1.82) is 0 Å². The van der Waals surface area contributed by atoms with Crippen LogP contribution in [0, 0.1) is 0 Å². The number of benzene rings is 2. The lowest BCUT2D eigenvalue weighted by molar-refractivity contribution is 0.130. The Morgan fingerprint density at radius 3 is 1.75 bits per heavy atom. The monoisotopic (exact) mass is 291 g/mol. The van der Waals surface area contributed by atoms with Crippen LogP contribution in [-0.4, -0.2) is 11.1 Å². The summed E-state index contributed by atoms with van der Waals surface area (Å²) in [5, 5.41) is 13.8. The lowest BCUT2D eigenvalue weighted by Gasteiger charge is -2.25. The van der Waals surface area contributed by atoms with E-state index in [1.807, 2.05) is 55.5 Å². The molecule has 0 unspecified atom stereocenters. The van der Waals surface area contributed by atoms with Crippen molar-refractivity contribution in [2.24, 2.45) is 0 Å². The fourth-order valence-corrected chi connectivity index (χ4v) is 2.26. The number of hydrogen-bond donors (Lipinski definition) is 2. The minimum Gasteiger partial charge on any atom is -0.387 e. The van der Waals surface area contributed by atoms with Gasteiger partial charge in [0.15, 0.2) is 0 Å². The van der Waals surface area contributed by atoms with Gasteiger partial charge in [0.05, 0.1) is 6.10 Å². The molecule has 0 saturated heterocycles. The van der Waals surface area contributed by atoms with E-state index in [9.17, 15) is 5.11 Å². The van der Waals surface area contributed by atoms with Crippen LogP contribution in [0.1, 0.15) is 37.1 Å². The molecule has 0 aliphatic rings. The Kier molecular flexibility index (Phi) is 6.73. The highest BCUT2D eigenvalue weighted by Gasteiger charge is 2.18. The Morgan fingerprint density at radius 1 is 0.800 bits per heavy atom. The van der Waals surface area contributed by atoms with Crippen molar-refractivity contribution >= 4 is 12.4 Å². The standard InChI is InChI=1S/C17H21NO.ClH/c1-13(15-9-5-3-6-10-15)18-14(2)17(19)16-11-7-4-8-12-16;/h3-14,17-19H,1-2H3;1H/t13-,14-,17-;/m0./s1. The van der Waals surface area contributed by atoms with Crippen molar-refractivity contribution in [3.8, 4) is 0 Å². The van der Waals surface area contributed by atoms with E-state index in [0.717, 1.165) is 5.56 Å². The Hall–Kier alpha value is -1.35. The average Bonchev–Trinajstić information content (AvgIpc) is 2.48. The van der Waals surface area contributed by atoms with Crippen molar-refractivity contribution in [1.82, 2.24) is 5.32 Å². The Morgan fingerprint density at radius 2 is 1.25 bits per heavy atom. The first kappa shape index (κ1) is 16.7. The smallest absolute Gasteiger partial charge is 0.0940 e. The maximum atomic E-state index is 10.3. The van der Waals surface area contributed by atoms with Crippen molar-refractivity contribution < 1.29 is 5.11 Å². The molecule has 0 aromatic heterocycles. The third-order valence-corrected chi connectivity index (χ3v) is 3.43. The first-order valence-electron chi connectivity index (χ1n) is 6.72. The number of halogens is 1. The molecule has 2 nitrogen and oxygen atoms in total. The van der Waals surface area contributed by atoms with Gasteiger partial charge in [0, 0.05) is 12.1 Å². The van der Waals surface area contributed by atoms with Crippen LogP contribution in [0.4, 0.5) is 0 Å². The highest BCUT2D eigenvalue weighted by atomic mass is 35.5. The molecule has 2 aromatic rings. The van der Waals surface area contributed by atoms with E-state index in [1.165, 1.54) is 5.56 Å². The fourth-order valence-electron chi connectivity index (χ4n) is 2.26. The van der Waals surface area contributed by atoms with Gasteiger partial charge in [0.25, 0.3) is 0 Å². The zero-order valence-corrected chi connectivity index (χ0v) is 12.7. The Balaban J connectivity index is 0.00000200. The molecule has 0 spiro atoms. The predicted octanol–water partition coefficient (Wildman–Crippen LogP) is 3.88. The second-order valence-electron chi connectivity index (χ2n) is 4.94. The fraction of sp³-hybridized carbons (Fsp3) is 0.294. The molecule has 108 valence electrons. The summed E-state index contributed by atoms with van der Waals surface area (Å²) < 4.78 is 0. The molecule has 3 heteroatoms. The molecule has 0 aliphatic carbocycles. The maximum absolute atomic E-state index is 10.3. The summed E-state index contributed by atoms with van der Waals surface area (Å²) in [5.74, 6) is 0. The number of aliphatic hydroxyl groups is 1. The van der Waals surface area contributed by atoms with Gasteiger partial charge in [-0.2, -0.15) is 0 Å². The van der Waals surface area contributed by atoms with Crippen LogP contribution in [0.2, 0.25) is 0 Å². The average molecular weight is 292 g/mol. The van der Waals surface area contributed by atoms with E-state index in [-0.39, 0.29) is 24.5 Å². The van der Waals surface area contributed by atoms with E-state index >= 15 is 0 Å². The summed E-state index contributed by atoms with van der Waals surface area (Å²) in [5.41, 5.74) is 2.18. The first-order valence-corrected chi connectivity index (χ1v) is 6.72. The third-order valence-electron chi connectivity index (χ3n) is 3.43. The van der Waals surface area contributed by atoms with Gasteiger partial charge in [-0.05, 0) is 25.0 Å². The molecule has 2 N–H and O–H groups in total. The Bertz CT molecular complexity index is 489.